The average Bonchev–Trinajstić information content (AvgIpc) is 3.07. The Kier molecular flexibility index (Phi) is 4.46. The van der Waals surface area contributed by atoms with Gasteiger partial charge in [-0.05, 0) is 64.7 Å². The number of hydrogen-bond acceptors (Lipinski definition) is 4. The van der Waals surface area contributed by atoms with Crippen molar-refractivity contribution in [2.45, 2.75) is 53.0 Å². The van der Waals surface area contributed by atoms with Gasteiger partial charge >= 0.3 is 0 Å². The summed E-state index contributed by atoms with van der Waals surface area (Å²) in [4.78, 5) is 20.3. The number of pyridine rings is 1. The number of nitrogens with zero attached hydrogens (tertiary/aromatic N) is 3. The number of piperidine rings is 1. The molecule has 4 rings (SSSR count). The highest BCUT2D eigenvalue weighted by atomic mass is 16.5. The minimum Gasteiger partial charge on any atom is -0.361 e. The largest absolute Gasteiger partial charge is 0.361 e. The normalized spacial score (nSPS) is 17.5. The molecule has 1 fully saturated rings. The Balaban J connectivity index is 1.81. The second-order valence-corrected chi connectivity index (χ2v) is 7.66. The van der Waals surface area contributed by atoms with E-state index < -0.39 is 0 Å². The number of aromatic nitrogens is 2. The summed E-state index contributed by atoms with van der Waals surface area (Å²) in [7, 11) is 0. The second kappa shape index (κ2) is 6.80. The van der Waals surface area contributed by atoms with Crippen LogP contribution >= 0.6 is 0 Å². The zero-order chi connectivity index (χ0) is 19.1. The van der Waals surface area contributed by atoms with E-state index in [1.165, 1.54) is 0 Å². The van der Waals surface area contributed by atoms with Crippen molar-refractivity contribution in [1.82, 2.24) is 15.0 Å². The van der Waals surface area contributed by atoms with Crippen LogP contribution in [0.15, 0.2) is 28.8 Å². The van der Waals surface area contributed by atoms with E-state index >= 15 is 0 Å². The van der Waals surface area contributed by atoms with E-state index in [1.54, 1.807) is 0 Å². The van der Waals surface area contributed by atoms with Gasteiger partial charge in [0.1, 0.15) is 11.5 Å². The number of carbonyl (C=O) groups is 1. The van der Waals surface area contributed by atoms with E-state index in [0.717, 1.165) is 70.5 Å². The van der Waals surface area contributed by atoms with E-state index in [4.69, 9.17) is 4.52 Å². The third-order valence-corrected chi connectivity index (χ3v) is 5.36. The number of aryl methyl sites for hydroxylation is 4. The molecule has 1 amide bonds. The fourth-order valence-corrected chi connectivity index (χ4v) is 4.17. The molecule has 140 valence electrons. The maximum absolute atomic E-state index is 13.6. The van der Waals surface area contributed by atoms with Crippen LogP contribution in [-0.4, -0.2) is 27.5 Å². The maximum Gasteiger partial charge on any atom is 0.255 e. The molecule has 0 aliphatic carbocycles. The number of benzene rings is 1. The summed E-state index contributed by atoms with van der Waals surface area (Å²) in [6.07, 6.45) is 3.02. The van der Waals surface area contributed by atoms with Crippen LogP contribution in [0.4, 0.5) is 0 Å². The molecule has 3 heterocycles. The Labute approximate surface area is 159 Å². The summed E-state index contributed by atoms with van der Waals surface area (Å²) in [6.45, 7) is 8.68. The van der Waals surface area contributed by atoms with Crippen molar-refractivity contribution >= 4 is 16.8 Å². The molecule has 0 N–H and O–H groups in total. The molecular formula is C22H25N3O2. The molecule has 0 saturated carbocycles. The number of hydrogen-bond donors (Lipinski definition) is 0. The molecule has 0 spiro atoms. The van der Waals surface area contributed by atoms with E-state index in [2.05, 4.69) is 36.1 Å². The Morgan fingerprint density at radius 3 is 2.67 bits per heavy atom. The van der Waals surface area contributed by atoms with Crippen molar-refractivity contribution in [1.29, 1.82) is 0 Å². The first kappa shape index (κ1) is 17.7. The molecule has 1 saturated heterocycles. The second-order valence-electron chi connectivity index (χ2n) is 7.66. The summed E-state index contributed by atoms with van der Waals surface area (Å²) < 4.78 is 5.27. The average molecular weight is 363 g/mol. The van der Waals surface area contributed by atoms with Gasteiger partial charge in [0.2, 0.25) is 0 Å². The molecule has 27 heavy (non-hydrogen) atoms. The summed E-state index contributed by atoms with van der Waals surface area (Å²) >= 11 is 0. The molecule has 5 nitrogen and oxygen atoms in total. The minimum atomic E-state index is -0.0295. The highest BCUT2D eigenvalue weighted by Gasteiger charge is 2.31. The van der Waals surface area contributed by atoms with Crippen LogP contribution in [0.25, 0.3) is 10.9 Å². The van der Waals surface area contributed by atoms with Gasteiger partial charge in [0.05, 0.1) is 17.1 Å². The molecule has 1 aliphatic heterocycles. The molecule has 0 radical (unpaired) electrons. The van der Waals surface area contributed by atoms with Crippen LogP contribution in [0.2, 0.25) is 0 Å². The van der Waals surface area contributed by atoms with Crippen molar-refractivity contribution in [3.63, 3.8) is 0 Å². The molecule has 2 aromatic heterocycles. The Hall–Kier alpha value is -2.69. The Morgan fingerprint density at radius 2 is 1.93 bits per heavy atom. The van der Waals surface area contributed by atoms with Gasteiger partial charge < -0.3 is 9.42 Å². The summed E-state index contributed by atoms with van der Waals surface area (Å²) in [5, 5.41) is 5.13. The highest BCUT2D eigenvalue weighted by Crippen LogP contribution is 2.33. The quantitative estimate of drug-likeness (QED) is 0.655. The van der Waals surface area contributed by atoms with E-state index in [9.17, 15) is 4.79 Å². The summed E-state index contributed by atoms with van der Waals surface area (Å²) in [6, 6.07) is 8.02. The van der Waals surface area contributed by atoms with Gasteiger partial charge in [-0.15, -0.1) is 0 Å². The molecule has 0 unspecified atom stereocenters. The van der Waals surface area contributed by atoms with E-state index in [-0.39, 0.29) is 11.9 Å². The first-order valence-electron chi connectivity index (χ1n) is 9.57. The minimum absolute atomic E-state index is 0.0295. The zero-order valence-electron chi connectivity index (χ0n) is 16.4. The SMILES string of the molecule is Cc1cc(C)c2nc(C)cc(C(=O)N3CCCC[C@H]3c3cc(C)on3)c2c1. The predicted molar refractivity (Wildman–Crippen MR) is 105 cm³/mol. The first-order chi connectivity index (χ1) is 12.9. The van der Waals surface area contributed by atoms with Crippen LogP contribution in [0.3, 0.4) is 0 Å². The van der Waals surface area contributed by atoms with Crippen LogP contribution in [0.5, 0.6) is 0 Å². The Morgan fingerprint density at radius 1 is 1.11 bits per heavy atom. The molecule has 5 heteroatoms. The standard InChI is InChI=1S/C22H25N3O2/c1-13-9-14(2)21-17(10-13)18(11-15(3)23-21)22(26)25-8-6-5-7-20(25)19-12-16(4)27-24-19/h9-12,20H,5-8H2,1-4H3/t20-/m0/s1. The van der Waals surface area contributed by atoms with Gasteiger partial charge in [-0.3, -0.25) is 9.78 Å². The predicted octanol–water partition coefficient (Wildman–Crippen LogP) is 4.82. The lowest BCUT2D eigenvalue weighted by atomic mass is 9.96. The lowest BCUT2D eigenvalue weighted by Crippen LogP contribution is -2.38. The zero-order valence-corrected chi connectivity index (χ0v) is 16.4. The fourth-order valence-electron chi connectivity index (χ4n) is 4.17. The molecular weight excluding hydrogens is 338 g/mol. The lowest BCUT2D eigenvalue weighted by molar-refractivity contribution is 0.0604. The van der Waals surface area contributed by atoms with E-state index in [0.29, 0.717) is 0 Å². The summed E-state index contributed by atoms with van der Waals surface area (Å²) in [5.74, 6) is 0.834. The van der Waals surface area contributed by atoms with Crippen molar-refractivity contribution < 1.29 is 9.32 Å². The fraction of sp³-hybridized carbons (Fsp3) is 0.409. The van der Waals surface area contributed by atoms with Crippen LogP contribution in [-0.2, 0) is 0 Å². The van der Waals surface area contributed by atoms with Crippen molar-refractivity contribution in [3.8, 4) is 0 Å². The van der Waals surface area contributed by atoms with Gasteiger partial charge in [-0.25, -0.2) is 0 Å². The van der Waals surface area contributed by atoms with Crippen molar-refractivity contribution in [3.05, 3.63) is 58.1 Å². The van der Waals surface area contributed by atoms with Gasteiger partial charge in [-0.2, -0.15) is 0 Å². The van der Waals surface area contributed by atoms with E-state index in [1.807, 2.05) is 30.9 Å². The number of carbonyl (C=O) groups excluding carboxylic acids is 1. The van der Waals surface area contributed by atoms with Crippen LogP contribution in [0.1, 0.15) is 63.9 Å². The Bertz CT molecular complexity index is 1020. The molecule has 1 aliphatic rings. The third kappa shape index (κ3) is 3.22. The van der Waals surface area contributed by atoms with Gasteiger partial charge in [0.15, 0.2) is 0 Å². The van der Waals surface area contributed by atoms with Gasteiger partial charge in [-0.1, -0.05) is 16.8 Å². The number of amides is 1. The maximum atomic E-state index is 13.6. The number of fused-ring (bicyclic) bond motifs is 1. The third-order valence-electron chi connectivity index (χ3n) is 5.36. The molecule has 3 aromatic rings. The van der Waals surface area contributed by atoms with Crippen LogP contribution < -0.4 is 0 Å². The van der Waals surface area contributed by atoms with Crippen molar-refractivity contribution in [2.24, 2.45) is 0 Å². The monoisotopic (exact) mass is 363 g/mol. The lowest BCUT2D eigenvalue weighted by Gasteiger charge is -2.35. The smallest absolute Gasteiger partial charge is 0.255 e. The molecule has 1 atom stereocenters. The first-order valence-corrected chi connectivity index (χ1v) is 9.57. The number of rotatable bonds is 2. The topological polar surface area (TPSA) is 59.2 Å². The number of likely N-dealkylation sites (tertiary alicyclic amines) is 1. The molecule has 0 bridgehead atoms. The molecule has 1 aromatic carbocycles. The van der Waals surface area contributed by atoms with Crippen LogP contribution in [0, 0.1) is 27.7 Å². The highest BCUT2D eigenvalue weighted by molar-refractivity contribution is 6.07. The van der Waals surface area contributed by atoms with Gasteiger partial charge in [0, 0.05) is 23.7 Å². The summed E-state index contributed by atoms with van der Waals surface area (Å²) in [5.41, 5.74) is 5.60. The van der Waals surface area contributed by atoms with Crippen molar-refractivity contribution in [2.75, 3.05) is 6.54 Å². The van der Waals surface area contributed by atoms with Gasteiger partial charge in [0.25, 0.3) is 5.91 Å².